The number of rotatable bonds is 5. The van der Waals surface area contributed by atoms with Crippen molar-refractivity contribution in [1.82, 2.24) is 4.90 Å². The van der Waals surface area contributed by atoms with Crippen LogP contribution in [0.15, 0.2) is 18.2 Å². The molecule has 1 fully saturated rings. The first-order valence-electron chi connectivity index (χ1n) is 7.40. The highest BCUT2D eigenvalue weighted by Gasteiger charge is 2.18. The zero-order chi connectivity index (χ0) is 13.7. The van der Waals surface area contributed by atoms with Crippen LogP contribution >= 0.6 is 0 Å². The molecule has 0 radical (unpaired) electrons. The maximum absolute atomic E-state index is 9.71. The third-order valence-electron chi connectivity index (χ3n) is 3.91. The van der Waals surface area contributed by atoms with Crippen molar-refractivity contribution in [3.8, 4) is 11.5 Å². The minimum Gasteiger partial charge on any atom is -0.504 e. The van der Waals surface area contributed by atoms with Gasteiger partial charge in [0.05, 0.1) is 6.61 Å². The monoisotopic (exact) mass is 263 g/mol. The highest BCUT2D eigenvalue weighted by atomic mass is 16.5. The summed E-state index contributed by atoms with van der Waals surface area (Å²) in [5.41, 5.74) is 1.22. The molecule has 0 bridgehead atoms. The van der Waals surface area contributed by atoms with Gasteiger partial charge in [0.1, 0.15) is 0 Å². The van der Waals surface area contributed by atoms with Crippen molar-refractivity contribution in [2.24, 2.45) is 5.92 Å². The molecule has 2 rings (SSSR count). The van der Waals surface area contributed by atoms with Crippen LogP contribution in [0.5, 0.6) is 11.5 Å². The number of phenolic OH excluding ortho intramolecular Hbond substituents is 1. The largest absolute Gasteiger partial charge is 0.504 e. The van der Waals surface area contributed by atoms with Crippen LogP contribution in [0.2, 0.25) is 0 Å². The van der Waals surface area contributed by atoms with Gasteiger partial charge in [-0.15, -0.1) is 0 Å². The van der Waals surface area contributed by atoms with Gasteiger partial charge in [0.25, 0.3) is 0 Å². The lowest BCUT2D eigenvalue weighted by Gasteiger charge is -2.32. The van der Waals surface area contributed by atoms with E-state index in [1.54, 1.807) is 6.07 Å². The molecule has 0 saturated carbocycles. The predicted molar refractivity (Wildman–Crippen MR) is 77.6 cm³/mol. The fraction of sp³-hybridized carbons (Fsp3) is 0.625. The number of hydrogen-bond acceptors (Lipinski definition) is 3. The number of piperidine rings is 1. The molecule has 0 spiro atoms. The van der Waals surface area contributed by atoms with Crippen molar-refractivity contribution in [2.45, 2.75) is 39.7 Å². The van der Waals surface area contributed by atoms with Crippen molar-refractivity contribution < 1.29 is 9.84 Å². The highest BCUT2D eigenvalue weighted by molar-refractivity contribution is 5.41. The topological polar surface area (TPSA) is 32.7 Å². The summed E-state index contributed by atoms with van der Waals surface area (Å²) in [6.45, 7) is 8.13. The van der Waals surface area contributed by atoms with E-state index in [0.29, 0.717) is 12.4 Å². The normalized spacial score (nSPS) is 20.4. The Hall–Kier alpha value is -1.22. The number of benzene rings is 1. The second-order valence-corrected chi connectivity index (χ2v) is 5.39. The van der Waals surface area contributed by atoms with Crippen LogP contribution in [0.3, 0.4) is 0 Å². The predicted octanol–water partition coefficient (Wildman–Crippen LogP) is 3.41. The first-order valence-corrected chi connectivity index (χ1v) is 7.40. The van der Waals surface area contributed by atoms with Crippen molar-refractivity contribution in [2.75, 3.05) is 19.7 Å². The second kappa shape index (κ2) is 6.80. The minimum atomic E-state index is 0.232. The number of likely N-dealkylation sites (tertiary alicyclic amines) is 1. The van der Waals surface area contributed by atoms with E-state index in [4.69, 9.17) is 4.74 Å². The summed E-state index contributed by atoms with van der Waals surface area (Å²) in [5.74, 6) is 1.68. The van der Waals surface area contributed by atoms with Crippen LogP contribution in [-0.4, -0.2) is 29.7 Å². The average Bonchev–Trinajstić information content (AvgIpc) is 2.43. The Morgan fingerprint density at radius 3 is 2.95 bits per heavy atom. The molecule has 1 aliphatic heterocycles. The Kier molecular flexibility index (Phi) is 5.08. The van der Waals surface area contributed by atoms with E-state index in [9.17, 15) is 5.11 Å². The van der Waals surface area contributed by atoms with Crippen LogP contribution in [0.25, 0.3) is 0 Å². The maximum atomic E-state index is 9.71. The van der Waals surface area contributed by atoms with Gasteiger partial charge in [-0.1, -0.05) is 19.4 Å². The van der Waals surface area contributed by atoms with Crippen molar-refractivity contribution in [3.63, 3.8) is 0 Å². The van der Waals surface area contributed by atoms with E-state index < -0.39 is 0 Å². The summed E-state index contributed by atoms with van der Waals surface area (Å²) in [6.07, 6.45) is 3.94. The Labute approximate surface area is 116 Å². The number of ether oxygens (including phenoxy) is 1. The molecule has 1 aromatic carbocycles. The van der Waals surface area contributed by atoms with Gasteiger partial charge in [0.2, 0.25) is 0 Å². The van der Waals surface area contributed by atoms with E-state index >= 15 is 0 Å². The standard InChI is InChI=1S/C16H25NO2/c1-3-13-6-5-9-17(11-13)12-14-7-8-15(18)16(10-14)19-4-2/h7-8,10,13,18H,3-6,9,11-12H2,1-2H3. The molecule has 0 aliphatic carbocycles. The maximum Gasteiger partial charge on any atom is 0.161 e. The Morgan fingerprint density at radius 2 is 2.21 bits per heavy atom. The first-order chi connectivity index (χ1) is 9.22. The Bertz CT molecular complexity index is 406. The SMILES string of the molecule is CCOc1cc(CN2CCCC(CC)C2)ccc1O. The van der Waals surface area contributed by atoms with Crippen molar-refractivity contribution in [1.29, 1.82) is 0 Å². The number of phenols is 1. The van der Waals surface area contributed by atoms with Crippen LogP contribution in [0, 0.1) is 5.92 Å². The smallest absolute Gasteiger partial charge is 0.161 e. The third-order valence-corrected chi connectivity index (χ3v) is 3.91. The fourth-order valence-corrected chi connectivity index (χ4v) is 2.81. The zero-order valence-electron chi connectivity index (χ0n) is 12.1. The molecule has 0 aromatic heterocycles. The van der Waals surface area contributed by atoms with Crippen LogP contribution in [0.4, 0.5) is 0 Å². The van der Waals surface area contributed by atoms with Crippen LogP contribution < -0.4 is 4.74 Å². The van der Waals surface area contributed by atoms with E-state index in [2.05, 4.69) is 11.8 Å². The van der Waals surface area contributed by atoms with E-state index in [1.165, 1.54) is 37.9 Å². The molecule has 0 amide bonds. The van der Waals surface area contributed by atoms with Crippen molar-refractivity contribution in [3.05, 3.63) is 23.8 Å². The molecule has 1 aliphatic rings. The van der Waals surface area contributed by atoms with E-state index in [1.807, 2.05) is 19.1 Å². The van der Waals surface area contributed by atoms with Gasteiger partial charge in [-0.25, -0.2) is 0 Å². The fourth-order valence-electron chi connectivity index (χ4n) is 2.81. The van der Waals surface area contributed by atoms with Crippen LogP contribution in [0.1, 0.15) is 38.7 Å². The summed E-state index contributed by atoms with van der Waals surface area (Å²) < 4.78 is 5.44. The summed E-state index contributed by atoms with van der Waals surface area (Å²) in [5, 5.41) is 9.71. The van der Waals surface area contributed by atoms with E-state index in [0.717, 1.165) is 12.5 Å². The molecule has 106 valence electrons. The highest BCUT2D eigenvalue weighted by Crippen LogP contribution is 2.28. The molecule has 1 N–H and O–H groups in total. The lowest BCUT2D eigenvalue weighted by molar-refractivity contribution is 0.164. The second-order valence-electron chi connectivity index (χ2n) is 5.39. The molecule has 1 unspecified atom stereocenters. The summed E-state index contributed by atoms with van der Waals surface area (Å²) in [6, 6.07) is 5.70. The molecule has 1 aromatic rings. The summed E-state index contributed by atoms with van der Waals surface area (Å²) in [4.78, 5) is 2.51. The molecule has 1 heterocycles. The molecule has 19 heavy (non-hydrogen) atoms. The molecular formula is C16H25NO2. The molecule has 3 heteroatoms. The third kappa shape index (κ3) is 3.87. The number of hydrogen-bond donors (Lipinski definition) is 1. The lowest BCUT2D eigenvalue weighted by Crippen LogP contribution is -2.34. The van der Waals surface area contributed by atoms with Gasteiger partial charge >= 0.3 is 0 Å². The minimum absolute atomic E-state index is 0.232. The molecule has 1 saturated heterocycles. The molecule has 3 nitrogen and oxygen atoms in total. The summed E-state index contributed by atoms with van der Waals surface area (Å²) >= 11 is 0. The van der Waals surface area contributed by atoms with Crippen molar-refractivity contribution >= 4 is 0 Å². The number of aromatic hydroxyl groups is 1. The van der Waals surface area contributed by atoms with Gasteiger partial charge in [-0.05, 0) is 49.9 Å². The van der Waals surface area contributed by atoms with E-state index in [-0.39, 0.29) is 5.75 Å². The van der Waals surface area contributed by atoms with Crippen LogP contribution in [-0.2, 0) is 6.54 Å². The number of nitrogens with zero attached hydrogens (tertiary/aromatic N) is 1. The lowest BCUT2D eigenvalue weighted by atomic mass is 9.95. The Balaban J connectivity index is 2.00. The average molecular weight is 263 g/mol. The van der Waals surface area contributed by atoms with Gasteiger partial charge in [0.15, 0.2) is 11.5 Å². The van der Waals surface area contributed by atoms with Gasteiger partial charge in [0, 0.05) is 13.1 Å². The summed E-state index contributed by atoms with van der Waals surface area (Å²) in [7, 11) is 0. The Morgan fingerprint density at radius 1 is 1.37 bits per heavy atom. The van der Waals surface area contributed by atoms with Gasteiger partial charge in [-0.2, -0.15) is 0 Å². The van der Waals surface area contributed by atoms with Gasteiger partial charge in [-0.3, -0.25) is 4.90 Å². The zero-order valence-corrected chi connectivity index (χ0v) is 12.1. The quantitative estimate of drug-likeness (QED) is 0.883. The molecule has 1 atom stereocenters. The van der Waals surface area contributed by atoms with Gasteiger partial charge < -0.3 is 9.84 Å². The first kappa shape index (κ1) is 14.2. The molecular weight excluding hydrogens is 238 g/mol.